The monoisotopic (exact) mass is 433 g/mol. The molecule has 174 valence electrons. The van der Waals surface area contributed by atoms with Crippen molar-refractivity contribution in [2.24, 2.45) is 11.8 Å². The van der Waals surface area contributed by atoms with Crippen molar-refractivity contribution in [3.8, 4) is 0 Å². The summed E-state index contributed by atoms with van der Waals surface area (Å²) in [5.41, 5.74) is 0.991. The standard InChI is InChI=1S/C24H39N3O4/c1-17(2)11-12-25-23(29)20-15-31-24(30,16-27(20)5)21(26-22(28)13-18(3)4)14-19-9-7-6-8-10-19/h6-10,17-18,20-21,30H,11-16H2,1-5H3,(H,25,29)(H,26,28)/t20?,21-,24?/m0/s1. The molecule has 7 heteroatoms. The fourth-order valence-corrected chi connectivity index (χ4v) is 3.75. The highest BCUT2D eigenvalue weighted by Gasteiger charge is 2.46. The van der Waals surface area contributed by atoms with Crippen LogP contribution in [0.3, 0.4) is 0 Å². The molecule has 3 atom stereocenters. The molecule has 1 fully saturated rings. The van der Waals surface area contributed by atoms with E-state index in [9.17, 15) is 14.7 Å². The molecular formula is C24H39N3O4. The summed E-state index contributed by atoms with van der Waals surface area (Å²) in [5.74, 6) is -1.09. The Morgan fingerprint density at radius 1 is 1.19 bits per heavy atom. The second kappa shape index (κ2) is 11.6. The van der Waals surface area contributed by atoms with E-state index in [1.165, 1.54) is 0 Å². The van der Waals surface area contributed by atoms with Crippen LogP contribution in [0, 0.1) is 11.8 Å². The first-order valence-electron chi connectivity index (χ1n) is 11.3. The molecule has 31 heavy (non-hydrogen) atoms. The number of hydrogen-bond acceptors (Lipinski definition) is 5. The van der Waals surface area contributed by atoms with Crippen LogP contribution in [0.1, 0.15) is 46.1 Å². The number of β-amino-alcohol motifs (C(OH)–C–C–N with tert-alkyl or cyclic N) is 1. The number of likely N-dealkylation sites (N-methyl/N-ethyl adjacent to an activating group) is 1. The first kappa shape index (κ1) is 25.3. The summed E-state index contributed by atoms with van der Waals surface area (Å²) < 4.78 is 5.88. The van der Waals surface area contributed by atoms with Crippen LogP contribution in [0.5, 0.6) is 0 Å². The van der Waals surface area contributed by atoms with Crippen LogP contribution in [0.15, 0.2) is 30.3 Å². The number of benzene rings is 1. The predicted octanol–water partition coefficient (Wildman–Crippen LogP) is 1.94. The number of amides is 2. The molecule has 3 N–H and O–H groups in total. The molecule has 7 nitrogen and oxygen atoms in total. The maximum absolute atomic E-state index is 12.6. The van der Waals surface area contributed by atoms with Gasteiger partial charge in [0.05, 0.1) is 19.2 Å². The van der Waals surface area contributed by atoms with E-state index in [2.05, 4.69) is 24.5 Å². The summed E-state index contributed by atoms with van der Waals surface area (Å²) in [5, 5.41) is 17.3. The molecule has 0 bridgehead atoms. The molecule has 0 spiro atoms. The van der Waals surface area contributed by atoms with Gasteiger partial charge in [-0.3, -0.25) is 14.5 Å². The number of carbonyl (C=O) groups is 2. The summed E-state index contributed by atoms with van der Waals surface area (Å²) >= 11 is 0. The van der Waals surface area contributed by atoms with Crippen LogP contribution < -0.4 is 10.6 Å². The number of carbonyl (C=O) groups excluding carboxylic acids is 2. The number of nitrogens with one attached hydrogen (secondary N) is 2. The van der Waals surface area contributed by atoms with Gasteiger partial charge in [0.2, 0.25) is 11.8 Å². The Balaban J connectivity index is 2.08. The van der Waals surface area contributed by atoms with E-state index in [1.54, 1.807) is 11.9 Å². The lowest BCUT2D eigenvalue weighted by Crippen LogP contribution is -2.67. The Morgan fingerprint density at radius 3 is 2.45 bits per heavy atom. The minimum atomic E-state index is -1.59. The van der Waals surface area contributed by atoms with Gasteiger partial charge < -0.3 is 20.5 Å². The highest BCUT2D eigenvalue weighted by Crippen LogP contribution is 2.25. The molecule has 0 aliphatic carbocycles. The summed E-state index contributed by atoms with van der Waals surface area (Å²) in [4.78, 5) is 26.9. The Bertz CT molecular complexity index is 710. The lowest BCUT2D eigenvalue weighted by molar-refractivity contribution is -0.261. The molecule has 1 heterocycles. The van der Waals surface area contributed by atoms with Crippen LogP contribution in [0.25, 0.3) is 0 Å². The van der Waals surface area contributed by atoms with Crippen LogP contribution in [-0.2, 0) is 20.7 Å². The summed E-state index contributed by atoms with van der Waals surface area (Å²) in [6.45, 7) is 8.99. The smallest absolute Gasteiger partial charge is 0.239 e. The zero-order valence-corrected chi connectivity index (χ0v) is 19.6. The summed E-state index contributed by atoms with van der Waals surface area (Å²) in [6, 6.07) is 8.60. The third-order valence-electron chi connectivity index (χ3n) is 5.58. The number of aliphatic hydroxyl groups is 1. The van der Waals surface area contributed by atoms with E-state index in [4.69, 9.17) is 4.74 Å². The number of nitrogens with zero attached hydrogens (tertiary/aromatic N) is 1. The second-order valence-corrected chi connectivity index (χ2v) is 9.47. The van der Waals surface area contributed by atoms with Crippen molar-refractivity contribution < 1.29 is 19.4 Å². The molecule has 1 saturated heterocycles. The number of morpholine rings is 1. The van der Waals surface area contributed by atoms with Crippen molar-refractivity contribution in [2.45, 2.75) is 64.8 Å². The topological polar surface area (TPSA) is 90.9 Å². The molecule has 0 saturated carbocycles. The van der Waals surface area contributed by atoms with Gasteiger partial charge in [-0.15, -0.1) is 0 Å². The predicted molar refractivity (Wildman–Crippen MR) is 121 cm³/mol. The third kappa shape index (κ3) is 7.91. The Labute approximate surface area is 186 Å². The number of hydrogen-bond donors (Lipinski definition) is 3. The van der Waals surface area contributed by atoms with Gasteiger partial charge >= 0.3 is 0 Å². The number of ether oxygens (including phenoxy) is 1. The largest absolute Gasteiger partial charge is 0.363 e. The average molecular weight is 434 g/mol. The van der Waals surface area contributed by atoms with E-state index < -0.39 is 17.9 Å². The zero-order valence-electron chi connectivity index (χ0n) is 19.6. The van der Waals surface area contributed by atoms with Gasteiger partial charge in [0.25, 0.3) is 0 Å². The minimum absolute atomic E-state index is 0.0614. The SMILES string of the molecule is CC(C)CCNC(=O)C1COC(O)([C@H](Cc2ccccc2)NC(=O)CC(C)C)CN1C. The van der Waals surface area contributed by atoms with Crippen molar-refractivity contribution in [3.63, 3.8) is 0 Å². The van der Waals surface area contributed by atoms with E-state index in [1.807, 2.05) is 44.2 Å². The highest BCUT2D eigenvalue weighted by molar-refractivity contribution is 5.82. The second-order valence-electron chi connectivity index (χ2n) is 9.47. The maximum Gasteiger partial charge on any atom is 0.239 e. The molecule has 1 aromatic rings. The van der Waals surface area contributed by atoms with Crippen molar-refractivity contribution in [2.75, 3.05) is 26.7 Å². The molecule has 2 amide bonds. The van der Waals surface area contributed by atoms with Crippen molar-refractivity contribution in [3.05, 3.63) is 35.9 Å². The summed E-state index contributed by atoms with van der Waals surface area (Å²) in [7, 11) is 1.80. The van der Waals surface area contributed by atoms with E-state index >= 15 is 0 Å². The van der Waals surface area contributed by atoms with E-state index in [0.717, 1.165) is 12.0 Å². The van der Waals surface area contributed by atoms with Crippen LogP contribution >= 0.6 is 0 Å². The highest BCUT2D eigenvalue weighted by atomic mass is 16.6. The maximum atomic E-state index is 12.6. The zero-order chi connectivity index (χ0) is 23.0. The Hall–Kier alpha value is -1.96. The fraction of sp³-hybridized carbons (Fsp3) is 0.667. The van der Waals surface area contributed by atoms with Gasteiger partial charge in [-0.05, 0) is 37.3 Å². The van der Waals surface area contributed by atoms with Gasteiger partial charge in [0.1, 0.15) is 6.04 Å². The molecule has 0 radical (unpaired) electrons. The van der Waals surface area contributed by atoms with Crippen LogP contribution in [0.2, 0.25) is 0 Å². The molecule has 1 aromatic carbocycles. The van der Waals surface area contributed by atoms with Crippen molar-refractivity contribution in [1.82, 2.24) is 15.5 Å². The molecule has 2 unspecified atom stereocenters. The summed E-state index contributed by atoms with van der Waals surface area (Å²) in [6.07, 6.45) is 1.71. The Kier molecular flexibility index (Phi) is 9.47. The molecule has 2 rings (SSSR count). The fourth-order valence-electron chi connectivity index (χ4n) is 3.75. The van der Waals surface area contributed by atoms with Gasteiger partial charge in [-0.25, -0.2) is 0 Å². The van der Waals surface area contributed by atoms with E-state index in [-0.39, 0.29) is 30.9 Å². The minimum Gasteiger partial charge on any atom is -0.363 e. The van der Waals surface area contributed by atoms with Crippen molar-refractivity contribution in [1.29, 1.82) is 0 Å². The lowest BCUT2D eigenvalue weighted by Gasteiger charge is -2.45. The van der Waals surface area contributed by atoms with Gasteiger partial charge in [0.15, 0.2) is 5.79 Å². The Morgan fingerprint density at radius 2 is 1.87 bits per heavy atom. The normalized spacial score (nSPS) is 23.0. The van der Waals surface area contributed by atoms with Gasteiger partial charge in [-0.2, -0.15) is 0 Å². The number of rotatable bonds is 10. The van der Waals surface area contributed by atoms with Gasteiger partial charge in [-0.1, -0.05) is 58.0 Å². The molecule has 0 aromatic heterocycles. The van der Waals surface area contributed by atoms with Crippen molar-refractivity contribution >= 4 is 11.8 Å². The third-order valence-corrected chi connectivity index (χ3v) is 5.58. The van der Waals surface area contributed by atoms with Gasteiger partial charge in [0, 0.05) is 13.0 Å². The molecule has 1 aliphatic heterocycles. The first-order chi connectivity index (χ1) is 14.6. The molecule has 1 aliphatic rings. The average Bonchev–Trinajstić information content (AvgIpc) is 2.67. The first-order valence-corrected chi connectivity index (χ1v) is 11.3. The lowest BCUT2D eigenvalue weighted by atomic mass is 9.95. The van der Waals surface area contributed by atoms with Crippen LogP contribution in [-0.4, -0.2) is 66.4 Å². The quantitative estimate of drug-likeness (QED) is 0.525. The molecular weight excluding hydrogens is 394 g/mol. The van der Waals surface area contributed by atoms with E-state index in [0.29, 0.717) is 25.3 Å². The van der Waals surface area contributed by atoms with Crippen LogP contribution in [0.4, 0.5) is 0 Å².